The molecule has 9 heteroatoms. The van der Waals surface area contributed by atoms with Crippen molar-refractivity contribution in [2.75, 3.05) is 33.4 Å². The molecule has 0 radical (unpaired) electrons. The van der Waals surface area contributed by atoms with Crippen LogP contribution in [0.1, 0.15) is 45.1 Å². The molecule has 1 fully saturated rings. The Hall–Kier alpha value is -4.21. The lowest BCUT2D eigenvalue weighted by molar-refractivity contribution is -0.116. The summed E-state index contributed by atoms with van der Waals surface area (Å²) in [5.41, 5.74) is 8.09. The Kier molecular flexibility index (Phi) is 7.47. The Labute approximate surface area is 245 Å². The van der Waals surface area contributed by atoms with Crippen LogP contribution in [0.25, 0.3) is 17.1 Å². The van der Waals surface area contributed by atoms with E-state index in [2.05, 4.69) is 36.0 Å². The van der Waals surface area contributed by atoms with E-state index in [4.69, 9.17) is 19.2 Å². The van der Waals surface area contributed by atoms with Crippen LogP contribution in [-0.4, -0.2) is 64.2 Å². The van der Waals surface area contributed by atoms with Crippen molar-refractivity contribution in [2.24, 2.45) is 5.41 Å². The number of carbonyl (C=O) groups is 1. The number of methoxy groups -OCH3 is 1. The molecule has 9 nitrogen and oxygen atoms in total. The molecule has 42 heavy (non-hydrogen) atoms. The highest BCUT2D eigenvalue weighted by molar-refractivity contribution is 5.90. The molecule has 0 aliphatic carbocycles. The van der Waals surface area contributed by atoms with Crippen molar-refractivity contribution in [2.45, 2.75) is 40.3 Å². The molecule has 2 aromatic heterocycles. The van der Waals surface area contributed by atoms with Gasteiger partial charge in [-0.1, -0.05) is 37.3 Å². The maximum atomic E-state index is 11.6. The molecule has 2 aromatic carbocycles. The highest BCUT2D eigenvalue weighted by atomic mass is 16.5. The Morgan fingerprint density at radius 1 is 1.12 bits per heavy atom. The van der Waals surface area contributed by atoms with Crippen molar-refractivity contribution < 1.29 is 24.1 Å². The molecule has 4 aromatic rings. The van der Waals surface area contributed by atoms with Crippen LogP contribution in [0.4, 0.5) is 0 Å². The number of carboxylic acids is 1. The van der Waals surface area contributed by atoms with Gasteiger partial charge in [-0.2, -0.15) is 9.78 Å². The molecule has 2 aliphatic heterocycles. The minimum atomic E-state index is -1.11. The second kappa shape index (κ2) is 11.2. The number of para-hydroxylation sites is 1. The highest BCUT2D eigenvalue weighted by Crippen LogP contribution is 2.35. The summed E-state index contributed by atoms with van der Waals surface area (Å²) in [6.07, 6.45) is 2.30. The van der Waals surface area contributed by atoms with Crippen LogP contribution in [0.3, 0.4) is 0 Å². The fourth-order valence-electron chi connectivity index (χ4n) is 6.04. The Morgan fingerprint density at radius 2 is 1.93 bits per heavy atom. The van der Waals surface area contributed by atoms with Crippen molar-refractivity contribution >= 4 is 5.97 Å². The van der Waals surface area contributed by atoms with Crippen molar-refractivity contribution in [3.8, 4) is 28.7 Å². The van der Waals surface area contributed by atoms with Gasteiger partial charge >= 0.3 is 5.97 Å². The van der Waals surface area contributed by atoms with Crippen LogP contribution in [0.2, 0.25) is 0 Å². The number of pyridine rings is 1. The van der Waals surface area contributed by atoms with Gasteiger partial charge in [-0.15, -0.1) is 0 Å². The number of hydrogen-bond donors (Lipinski definition) is 1. The molecule has 0 amide bonds. The standard InChI is InChI=1S/C33H36N4O5/c1-21-7-5-8-25(28-9-6-10-29(35-28)37-31(40-4)26(15-34-37)32(38)39)30(21)42-17-23-13-22(2)27-16-36(12-11-24(27)14-23)18-33(3)19-41-20-33/h5-10,13-15H,11-12,16-20H2,1-4H3,(H,38,39). The first-order valence-corrected chi connectivity index (χ1v) is 14.2. The van der Waals surface area contributed by atoms with Gasteiger partial charge < -0.3 is 19.3 Å². The summed E-state index contributed by atoms with van der Waals surface area (Å²) in [4.78, 5) is 19.0. The summed E-state index contributed by atoms with van der Waals surface area (Å²) in [6, 6.07) is 16.1. The average molecular weight is 569 g/mol. The number of hydrogen-bond acceptors (Lipinski definition) is 7. The number of nitrogens with zero attached hydrogens (tertiary/aromatic N) is 4. The smallest absolute Gasteiger partial charge is 0.342 e. The first kappa shape index (κ1) is 27.9. The van der Waals surface area contributed by atoms with Crippen LogP contribution in [0.15, 0.2) is 54.7 Å². The van der Waals surface area contributed by atoms with Crippen molar-refractivity contribution in [3.63, 3.8) is 0 Å². The van der Waals surface area contributed by atoms with Gasteiger partial charge in [0, 0.05) is 30.6 Å². The number of aromatic carboxylic acids is 1. The fourth-order valence-corrected chi connectivity index (χ4v) is 6.04. The number of carboxylic acid groups (broad SMARTS) is 1. The summed E-state index contributed by atoms with van der Waals surface area (Å²) in [5.74, 6) is 0.210. The van der Waals surface area contributed by atoms with Crippen LogP contribution >= 0.6 is 0 Å². The average Bonchev–Trinajstić information content (AvgIpc) is 3.41. The Balaban J connectivity index is 1.23. The van der Waals surface area contributed by atoms with Crippen molar-refractivity contribution in [3.05, 3.63) is 88.1 Å². The number of ether oxygens (including phenoxy) is 3. The fraction of sp³-hybridized carbons (Fsp3) is 0.364. The maximum absolute atomic E-state index is 11.6. The lowest BCUT2D eigenvalue weighted by Crippen LogP contribution is -2.49. The molecule has 1 N–H and O–H groups in total. The second-order valence-corrected chi connectivity index (χ2v) is 11.7. The Morgan fingerprint density at radius 3 is 2.67 bits per heavy atom. The number of aromatic nitrogens is 3. The van der Waals surface area contributed by atoms with Gasteiger partial charge in [0.1, 0.15) is 17.9 Å². The van der Waals surface area contributed by atoms with E-state index in [-0.39, 0.29) is 16.9 Å². The molecule has 1 saturated heterocycles. The molecule has 0 atom stereocenters. The number of rotatable bonds is 9. The molecule has 0 spiro atoms. The van der Waals surface area contributed by atoms with Gasteiger partial charge in [0.25, 0.3) is 0 Å². The quantitative estimate of drug-likeness (QED) is 0.293. The van der Waals surface area contributed by atoms with Crippen LogP contribution < -0.4 is 9.47 Å². The molecule has 6 rings (SSSR count). The van der Waals surface area contributed by atoms with Gasteiger partial charge in [0.05, 0.1) is 32.2 Å². The lowest BCUT2D eigenvalue weighted by Gasteiger charge is -2.43. The normalized spacial score (nSPS) is 16.0. The van der Waals surface area contributed by atoms with E-state index in [1.807, 2.05) is 37.3 Å². The number of benzene rings is 2. The van der Waals surface area contributed by atoms with E-state index in [0.717, 1.165) is 61.7 Å². The van der Waals surface area contributed by atoms with E-state index in [0.29, 0.717) is 18.1 Å². The molecule has 4 heterocycles. The van der Waals surface area contributed by atoms with E-state index >= 15 is 0 Å². The van der Waals surface area contributed by atoms with Crippen LogP contribution in [0, 0.1) is 19.3 Å². The molecule has 0 saturated carbocycles. The first-order chi connectivity index (χ1) is 20.2. The summed E-state index contributed by atoms with van der Waals surface area (Å²) in [6.45, 7) is 11.8. The SMILES string of the molecule is COc1c(C(=O)O)cnn1-c1cccc(-c2cccc(C)c2OCc2cc(C)c3c(c2)CCN(CC2(C)COC2)C3)n1. The van der Waals surface area contributed by atoms with E-state index in [1.165, 1.54) is 34.7 Å². The van der Waals surface area contributed by atoms with Crippen LogP contribution in [-0.2, 0) is 24.3 Å². The predicted octanol–water partition coefficient (Wildman–Crippen LogP) is 5.23. The maximum Gasteiger partial charge on any atom is 0.342 e. The molecule has 0 unspecified atom stereocenters. The van der Waals surface area contributed by atoms with E-state index < -0.39 is 5.97 Å². The topological polar surface area (TPSA) is 98.9 Å². The van der Waals surface area contributed by atoms with Gasteiger partial charge in [-0.25, -0.2) is 9.78 Å². The number of aryl methyl sites for hydroxylation is 2. The van der Waals surface area contributed by atoms with Gasteiger partial charge in [0.15, 0.2) is 5.82 Å². The second-order valence-electron chi connectivity index (χ2n) is 11.7. The summed E-state index contributed by atoms with van der Waals surface area (Å²) >= 11 is 0. The first-order valence-electron chi connectivity index (χ1n) is 14.2. The molecule has 0 bridgehead atoms. The van der Waals surface area contributed by atoms with Gasteiger partial charge in [-0.3, -0.25) is 4.90 Å². The third-order valence-electron chi connectivity index (χ3n) is 8.18. The molecular weight excluding hydrogens is 532 g/mol. The minimum Gasteiger partial charge on any atom is -0.488 e. The van der Waals surface area contributed by atoms with Crippen molar-refractivity contribution in [1.29, 1.82) is 0 Å². The van der Waals surface area contributed by atoms with Gasteiger partial charge in [-0.05, 0) is 66.3 Å². The van der Waals surface area contributed by atoms with E-state index in [1.54, 1.807) is 6.07 Å². The predicted molar refractivity (Wildman–Crippen MR) is 158 cm³/mol. The van der Waals surface area contributed by atoms with Crippen LogP contribution in [0.5, 0.6) is 11.6 Å². The summed E-state index contributed by atoms with van der Waals surface area (Å²) in [5, 5.41) is 13.7. The molecular formula is C33H36N4O5. The lowest BCUT2D eigenvalue weighted by atomic mass is 9.86. The molecule has 218 valence electrons. The zero-order chi connectivity index (χ0) is 29.4. The third kappa shape index (κ3) is 5.37. The Bertz CT molecular complexity index is 1640. The highest BCUT2D eigenvalue weighted by Gasteiger charge is 2.36. The monoisotopic (exact) mass is 568 g/mol. The summed E-state index contributed by atoms with van der Waals surface area (Å²) < 4.78 is 18.7. The van der Waals surface area contributed by atoms with E-state index in [9.17, 15) is 9.90 Å². The van der Waals surface area contributed by atoms with Gasteiger partial charge in [0.2, 0.25) is 5.88 Å². The van der Waals surface area contributed by atoms with Crippen molar-refractivity contribution in [1.82, 2.24) is 19.7 Å². The molecule has 2 aliphatic rings. The zero-order valence-electron chi connectivity index (χ0n) is 24.5. The number of fused-ring (bicyclic) bond motifs is 1. The third-order valence-corrected chi connectivity index (χ3v) is 8.18. The zero-order valence-corrected chi connectivity index (χ0v) is 24.5. The minimum absolute atomic E-state index is 0.0282. The summed E-state index contributed by atoms with van der Waals surface area (Å²) in [7, 11) is 1.42. The largest absolute Gasteiger partial charge is 0.488 e.